The van der Waals surface area contributed by atoms with Gasteiger partial charge in [0.2, 0.25) is 0 Å². The maximum absolute atomic E-state index is 12.9. The molecule has 1 saturated carbocycles. The number of nitrogens with one attached hydrogen (secondary N) is 1. The quantitative estimate of drug-likeness (QED) is 0.883. The third-order valence-corrected chi connectivity index (χ3v) is 5.95. The lowest BCUT2D eigenvalue weighted by molar-refractivity contribution is 0.111. The van der Waals surface area contributed by atoms with E-state index in [1.807, 2.05) is 17.7 Å². The second-order valence-electron chi connectivity index (χ2n) is 7.84. The molecule has 9 nitrogen and oxygen atoms in total. The van der Waals surface area contributed by atoms with Gasteiger partial charge in [-0.05, 0) is 12.8 Å². The van der Waals surface area contributed by atoms with Gasteiger partial charge in [0.15, 0.2) is 11.6 Å². The van der Waals surface area contributed by atoms with E-state index in [-0.39, 0.29) is 23.6 Å². The molecule has 2 atom stereocenters. The summed E-state index contributed by atoms with van der Waals surface area (Å²) in [6.07, 6.45) is 6.85. The van der Waals surface area contributed by atoms with E-state index in [2.05, 4.69) is 27.6 Å². The number of methoxy groups -OCH3 is 1. The molecule has 27 heavy (non-hydrogen) atoms. The second-order valence-corrected chi connectivity index (χ2v) is 7.84. The highest BCUT2D eigenvalue weighted by molar-refractivity contribution is 5.88. The van der Waals surface area contributed by atoms with Crippen molar-refractivity contribution in [3.8, 4) is 0 Å². The van der Waals surface area contributed by atoms with E-state index in [9.17, 15) is 4.79 Å². The van der Waals surface area contributed by atoms with Gasteiger partial charge < -0.3 is 18.7 Å². The van der Waals surface area contributed by atoms with Crippen LogP contribution in [-0.2, 0) is 17.2 Å². The molecule has 0 unspecified atom stereocenters. The van der Waals surface area contributed by atoms with Crippen LogP contribution in [0.15, 0.2) is 16.9 Å². The predicted octanol–water partition coefficient (Wildman–Crippen LogP) is 2.63. The molecule has 1 saturated heterocycles. The lowest BCUT2D eigenvalue weighted by atomic mass is 9.86. The van der Waals surface area contributed by atoms with Crippen LogP contribution in [0.5, 0.6) is 0 Å². The van der Waals surface area contributed by atoms with E-state index in [4.69, 9.17) is 9.26 Å². The van der Waals surface area contributed by atoms with Crippen LogP contribution in [0.3, 0.4) is 0 Å². The summed E-state index contributed by atoms with van der Waals surface area (Å²) in [5, 5.41) is 15.0. The topological polar surface area (TPSA) is 98.3 Å². The Balaban J connectivity index is 1.50. The largest absolute Gasteiger partial charge is 0.380 e. The molecular weight excluding hydrogens is 348 g/mol. The van der Waals surface area contributed by atoms with E-state index in [1.54, 1.807) is 18.3 Å². The maximum atomic E-state index is 12.9. The molecule has 2 aromatic heterocycles. The van der Waals surface area contributed by atoms with Gasteiger partial charge in [0, 0.05) is 38.6 Å². The second kappa shape index (κ2) is 6.95. The van der Waals surface area contributed by atoms with Gasteiger partial charge in [-0.1, -0.05) is 24.9 Å². The van der Waals surface area contributed by atoms with Gasteiger partial charge in [-0.15, -0.1) is 10.2 Å². The van der Waals surface area contributed by atoms with Crippen LogP contribution in [0.4, 0.5) is 10.6 Å². The number of ether oxygens (including phenoxy) is 1. The summed E-state index contributed by atoms with van der Waals surface area (Å²) in [6, 6.07) is 1.42. The Hall–Kier alpha value is -2.42. The van der Waals surface area contributed by atoms with Crippen molar-refractivity contribution in [3.05, 3.63) is 24.0 Å². The number of nitrogens with zero attached hydrogens (tertiary/aromatic N) is 5. The molecule has 1 aliphatic heterocycles. The van der Waals surface area contributed by atoms with E-state index in [1.165, 1.54) is 12.8 Å². The van der Waals surface area contributed by atoms with Gasteiger partial charge in [-0.25, -0.2) is 4.79 Å². The molecule has 2 aromatic rings. The number of hydrogen-bond donors (Lipinski definition) is 1. The molecule has 146 valence electrons. The molecule has 2 amide bonds. The van der Waals surface area contributed by atoms with Crippen molar-refractivity contribution < 1.29 is 14.1 Å². The number of likely N-dealkylation sites (tertiary alicyclic amines) is 1. The maximum Gasteiger partial charge on any atom is 0.323 e. The Morgan fingerprint density at radius 1 is 1.41 bits per heavy atom. The number of anilines is 1. The molecule has 0 aromatic carbocycles. The molecule has 1 N–H and O–H groups in total. The Labute approximate surface area is 158 Å². The van der Waals surface area contributed by atoms with Gasteiger partial charge in [0.1, 0.15) is 12.1 Å². The first-order chi connectivity index (χ1) is 13.0. The summed E-state index contributed by atoms with van der Waals surface area (Å²) in [6.45, 7) is 2.68. The van der Waals surface area contributed by atoms with Crippen molar-refractivity contribution in [3.63, 3.8) is 0 Å². The molecule has 1 aliphatic carbocycles. The minimum Gasteiger partial charge on any atom is -0.380 e. The van der Waals surface area contributed by atoms with Crippen LogP contribution in [0.2, 0.25) is 0 Å². The van der Waals surface area contributed by atoms with E-state index in [0.29, 0.717) is 18.8 Å². The first kappa shape index (κ1) is 18.0. The summed E-state index contributed by atoms with van der Waals surface area (Å²) in [7, 11) is 3.53. The number of urea groups is 1. The zero-order chi connectivity index (χ0) is 19.0. The van der Waals surface area contributed by atoms with E-state index >= 15 is 0 Å². The van der Waals surface area contributed by atoms with Crippen LogP contribution >= 0.6 is 0 Å². The zero-order valence-electron chi connectivity index (χ0n) is 16.0. The van der Waals surface area contributed by atoms with Crippen LogP contribution in [0, 0.1) is 0 Å². The summed E-state index contributed by atoms with van der Waals surface area (Å²) in [5.41, 5.74) is 0.0198. The third-order valence-electron chi connectivity index (χ3n) is 5.95. The fourth-order valence-electron chi connectivity index (χ4n) is 4.23. The van der Waals surface area contributed by atoms with Crippen molar-refractivity contribution in [2.45, 2.75) is 56.6 Å². The van der Waals surface area contributed by atoms with E-state index < -0.39 is 0 Å². The van der Waals surface area contributed by atoms with Crippen molar-refractivity contribution in [1.82, 2.24) is 24.8 Å². The van der Waals surface area contributed by atoms with Crippen molar-refractivity contribution in [2.75, 3.05) is 19.0 Å². The number of aromatic nitrogens is 4. The minimum absolute atomic E-state index is 0.0198. The molecule has 4 rings (SSSR count). The standard InChI is InChI=1S/C18H26N6O3/c1-18(6-4-5-7-18)14-9-15(22-27-14)20-17(25)24-10-12(26-3)8-13(24)16-21-19-11-23(16)2/h9,11-13H,4-8,10H2,1-3H3,(H,20,22,25)/t12-,13+/m1/s1. The van der Waals surface area contributed by atoms with Crippen molar-refractivity contribution in [2.24, 2.45) is 7.05 Å². The Morgan fingerprint density at radius 3 is 2.85 bits per heavy atom. The average Bonchev–Trinajstić information content (AvgIpc) is 3.40. The molecule has 0 bridgehead atoms. The first-order valence-electron chi connectivity index (χ1n) is 9.42. The normalized spacial score (nSPS) is 24.5. The summed E-state index contributed by atoms with van der Waals surface area (Å²) < 4.78 is 12.9. The lowest BCUT2D eigenvalue weighted by Crippen LogP contribution is -2.36. The summed E-state index contributed by atoms with van der Waals surface area (Å²) in [4.78, 5) is 14.6. The van der Waals surface area contributed by atoms with Crippen LogP contribution in [0.1, 0.15) is 56.7 Å². The molecular formula is C18H26N6O3. The predicted molar refractivity (Wildman–Crippen MR) is 97.2 cm³/mol. The van der Waals surface area contributed by atoms with Crippen LogP contribution < -0.4 is 5.32 Å². The summed E-state index contributed by atoms with van der Waals surface area (Å²) in [5.74, 6) is 2.03. The summed E-state index contributed by atoms with van der Waals surface area (Å²) >= 11 is 0. The Morgan fingerprint density at radius 2 is 2.19 bits per heavy atom. The minimum atomic E-state index is -0.237. The lowest BCUT2D eigenvalue weighted by Gasteiger charge is -2.23. The third kappa shape index (κ3) is 3.31. The molecule has 2 fully saturated rings. The first-order valence-corrected chi connectivity index (χ1v) is 9.42. The van der Waals surface area contributed by atoms with Gasteiger partial charge >= 0.3 is 6.03 Å². The van der Waals surface area contributed by atoms with Crippen molar-refractivity contribution in [1.29, 1.82) is 0 Å². The van der Waals surface area contributed by atoms with Gasteiger partial charge in [-0.2, -0.15) is 0 Å². The monoisotopic (exact) mass is 374 g/mol. The van der Waals surface area contributed by atoms with E-state index in [0.717, 1.165) is 24.4 Å². The highest BCUT2D eigenvalue weighted by atomic mass is 16.5. The highest BCUT2D eigenvalue weighted by Gasteiger charge is 2.39. The number of hydrogen-bond acceptors (Lipinski definition) is 6. The molecule has 0 spiro atoms. The Bertz CT molecular complexity index is 810. The Kier molecular flexibility index (Phi) is 4.63. The molecule has 0 radical (unpaired) electrons. The average molecular weight is 374 g/mol. The molecule has 9 heteroatoms. The number of aryl methyl sites for hydroxylation is 1. The fourth-order valence-corrected chi connectivity index (χ4v) is 4.23. The van der Waals surface area contributed by atoms with Gasteiger partial charge in [0.05, 0.1) is 12.1 Å². The van der Waals surface area contributed by atoms with Crippen LogP contribution in [0.25, 0.3) is 0 Å². The number of rotatable bonds is 4. The molecule has 3 heterocycles. The number of carbonyl (C=O) groups is 1. The number of amides is 2. The number of carbonyl (C=O) groups excluding carboxylic acids is 1. The SMILES string of the molecule is CO[C@@H]1C[C@@H](c2nncn2C)N(C(=O)Nc2cc(C3(C)CCCC3)on2)C1. The van der Waals surface area contributed by atoms with Crippen molar-refractivity contribution >= 4 is 11.8 Å². The zero-order valence-corrected chi connectivity index (χ0v) is 16.0. The fraction of sp³-hybridized carbons (Fsp3) is 0.667. The van der Waals surface area contributed by atoms with Crippen LogP contribution in [-0.4, -0.2) is 50.6 Å². The smallest absolute Gasteiger partial charge is 0.323 e. The van der Waals surface area contributed by atoms with Gasteiger partial charge in [0.25, 0.3) is 0 Å². The van der Waals surface area contributed by atoms with Gasteiger partial charge in [-0.3, -0.25) is 5.32 Å². The highest BCUT2D eigenvalue weighted by Crippen LogP contribution is 2.41. The molecule has 2 aliphatic rings.